The molecule has 0 saturated heterocycles. The molecule has 0 radical (unpaired) electrons. The number of hydrogen-bond donors (Lipinski definition) is 2. The van der Waals surface area contributed by atoms with Crippen molar-refractivity contribution in [2.24, 2.45) is 17.7 Å². The fourth-order valence-electron chi connectivity index (χ4n) is 4.10. The van der Waals surface area contributed by atoms with E-state index in [-0.39, 0.29) is 0 Å². The highest BCUT2D eigenvalue weighted by Gasteiger charge is 2.37. The number of benzene rings is 1. The van der Waals surface area contributed by atoms with Crippen LogP contribution in [0.3, 0.4) is 0 Å². The lowest BCUT2D eigenvalue weighted by atomic mass is 9.73. The van der Waals surface area contributed by atoms with Crippen molar-refractivity contribution in [1.82, 2.24) is 5.43 Å². The highest BCUT2D eigenvalue weighted by atomic mass is 16.5. The molecule has 1 aliphatic carbocycles. The molecule has 20 heavy (non-hydrogen) atoms. The molecule has 0 spiro atoms. The molecular weight excluding hydrogens is 248 g/mol. The van der Waals surface area contributed by atoms with Crippen LogP contribution in [0.2, 0.25) is 0 Å². The molecule has 110 valence electrons. The molecule has 1 aromatic carbocycles. The van der Waals surface area contributed by atoms with Crippen molar-refractivity contribution in [3.63, 3.8) is 0 Å². The Kier molecular flexibility index (Phi) is 4.27. The number of hydrazine groups is 1. The van der Waals surface area contributed by atoms with Crippen LogP contribution >= 0.6 is 0 Å². The number of hydrogen-bond acceptors (Lipinski definition) is 3. The number of nitrogens with one attached hydrogen (secondary N) is 1. The van der Waals surface area contributed by atoms with Gasteiger partial charge in [0.1, 0.15) is 5.75 Å². The fraction of sp³-hybridized carbons (Fsp3) is 0.647. The third-order valence-electron chi connectivity index (χ3n) is 5.27. The molecule has 4 unspecified atom stereocenters. The van der Waals surface area contributed by atoms with Gasteiger partial charge < -0.3 is 4.74 Å². The zero-order valence-electron chi connectivity index (χ0n) is 12.3. The smallest absolute Gasteiger partial charge is 0.122 e. The predicted octanol–water partition coefficient (Wildman–Crippen LogP) is 3.21. The monoisotopic (exact) mass is 274 g/mol. The van der Waals surface area contributed by atoms with Crippen LogP contribution in [0.1, 0.15) is 50.5 Å². The van der Waals surface area contributed by atoms with Crippen LogP contribution in [0.25, 0.3) is 0 Å². The Balaban J connectivity index is 1.77. The summed E-state index contributed by atoms with van der Waals surface area (Å²) in [6.45, 7) is 3.08. The van der Waals surface area contributed by atoms with Gasteiger partial charge in [-0.1, -0.05) is 44.4 Å². The van der Waals surface area contributed by atoms with Gasteiger partial charge in [0.05, 0.1) is 6.61 Å². The molecule has 0 aromatic heterocycles. The number of para-hydroxylation sites is 1. The Morgan fingerprint density at radius 3 is 3.00 bits per heavy atom. The zero-order valence-corrected chi connectivity index (χ0v) is 12.3. The Labute approximate surface area is 121 Å². The van der Waals surface area contributed by atoms with E-state index in [1.807, 2.05) is 6.07 Å². The predicted molar refractivity (Wildman–Crippen MR) is 81.5 cm³/mol. The summed E-state index contributed by atoms with van der Waals surface area (Å²) in [5.41, 5.74) is 4.45. The van der Waals surface area contributed by atoms with Gasteiger partial charge in [-0.2, -0.15) is 0 Å². The topological polar surface area (TPSA) is 47.3 Å². The van der Waals surface area contributed by atoms with Gasteiger partial charge in [0, 0.05) is 17.5 Å². The van der Waals surface area contributed by atoms with Crippen LogP contribution in [-0.2, 0) is 0 Å². The lowest BCUT2D eigenvalue weighted by Gasteiger charge is -2.36. The van der Waals surface area contributed by atoms with Gasteiger partial charge in [-0.3, -0.25) is 11.3 Å². The molecule has 4 atom stereocenters. The second-order valence-electron chi connectivity index (χ2n) is 6.35. The molecule has 1 heterocycles. The second kappa shape index (κ2) is 6.15. The molecule has 1 aliphatic heterocycles. The molecule has 3 nitrogen and oxygen atoms in total. The van der Waals surface area contributed by atoms with Crippen LogP contribution in [0.15, 0.2) is 24.3 Å². The van der Waals surface area contributed by atoms with Gasteiger partial charge >= 0.3 is 0 Å². The standard InChI is InChI=1S/C17H26N2O/c1-2-12-6-5-7-13(10-12)17(19-18)15-11-20-16-9-4-3-8-14(15)16/h3-4,8-9,12-13,15,17,19H,2,5-7,10-11,18H2,1H3. The summed E-state index contributed by atoms with van der Waals surface area (Å²) in [7, 11) is 0. The van der Waals surface area contributed by atoms with Crippen LogP contribution in [0.5, 0.6) is 5.75 Å². The molecule has 3 heteroatoms. The van der Waals surface area contributed by atoms with Crippen LogP contribution < -0.4 is 16.0 Å². The number of fused-ring (bicyclic) bond motifs is 1. The fourth-order valence-corrected chi connectivity index (χ4v) is 4.10. The van der Waals surface area contributed by atoms with Crippen molar-refractivity contribution in [3.8, 4) is 5.75 Å². The number of ether oxygens (including phenoxy) is 1. The highest BCUT2D eigenvalue weighted by Crippen LogP contribution is 2.41. The summed E-state index contributed by atoms with van der Waals surface area (Å²) in [5, 5.41) is 0. The quantitative estimate of drug-likeness (QED) is 0.654. The minimum atomic E-state index is 0.341. The lowest BCUT2D eigenvalue weighted by molar-refractivity contribution is 0.177. The zero-order chi connectivity index (χ0) is 13.9. The molecule has 1 aromatic rings. The van der Waals surface area contributed by atoms with Gasteiger partial charge in [0.25, 0.3) is 0 Å². The minimum Gasteiger partial charge on any atom is -0.493 e. The maximum absolute atomic E-state index is 5.92. The number of rotatable bonds is 4. The molecule has 0 bridgehead atoms. The summed E-state index contributed by atoms with van der Waals surface area (Å²) < 4.78 is 5.84. The Hall–Kier alpha value is -1.06. The van der Waals surface area contributed by atoms with E-state index in [1.54, 1.807) is 0 Å². The van der Waals surface area contributed by atoms with Crippen LogP contribution in [-0.4, -0.2) is 12.6 Å². The van der Waals surface area contributed by atoms with E-state index in [0.29, 0.717) is 17.9 Å². The number of nitrogens with two attached hydrogens (primary N) is 1. The first-order valence-electron chi connectivity index (χ1n) is 8.01. The van der Waals surface area contributed by atoms with Gasteiger partial charge in [-0.25, -0.2) is 0 Å². The van der Waals surface area contributed by atoms with E-state index < -0.39 is 0 Å². The van der Waals surface area contributed by atoms with Gasteiger partial charge in [-0.05, 0) is 30.7 Å². The average Bonchev–Trinajstić information content (AvgIpc) is 2.93. The van der Waals surface area contributed by atoms with E-state index in [9.17, 15) is 0 Å². The Bertz CT molecular complexity index is 448. The van der Waals surface area contributed by atoms with Crippen molar-refractivity contribution >= 4 is 0 Å². The van der Waals surface area contributed by atoms with E-state index in [4.69, 9.17) is 10.6 Å². The SMILES string of the molecule is CCC1CCCC(C(NN)C2COc3ccccc32)C1. The molecule has 1 fully saturated rings. The summed E-state index contributed by atoms with van der Waals surface area (Å²) in [4.78, 5) is 0. The van der Waals surface area contributed by atoms with Gasteiger partial charge in [-0.15, -0.1) is 0 Å². The van der Waals surface area contributed by atoms with E-state index in [0.717, 1.165) is 18.3 Å². The van der Waals surface area contributed by atoms with E-state index in [2.05, 4.69) is 30.5 Å². The van der Waals surface area contributed by atoms with Crippen molar-refractivity contribution in [3.05, 3.63) is 29.8 Å². The van der Waals surface area contributed by atoms with Crippen molar-refractivity contribution in [2.45, 2.75) is 51.0 Å². The molecule has 1 saturated carbocycles. The van der Waals surface area contributed by atoms with Crippen molar-refractivity contribution in [2.75, 3.05) is 6.61 Å². The van der Waals surface area contributed by atoms with Crippen LogP contribution in [0.4, 0.5) is 0 Å². The van der Waals surface area contributed by atoms with Crippen molar-refractivity contribution < 1.29 is 4.74 Å². The first-order chi connectivity index (χ1) is 9.83. The Morgan fingerprint density at radius 2 is 2.20 bits per heavy atom. The lowest BCUT2D eigenvalue weighted by Crippen LogP contribution is -2.47. The second-order valence-corrected chi connectivity index (χ2v) is 6.35. The molecule has 0 amide bonds. The molecule has 3 rings (SSSR count). The molecule has 3 N–H and O–H groups in total. The normalized spacial score (nSPS) is 30.6. The maximum Gasteiger partial charge on any atom is 0.122 e. The summed E-state index contributed by atoms with van der Waals surface area (Å²) in [5.74, 6) is 8.92. The molecule has 2 aliphatic rings. The van der Waals surface area contributed by atoms with Crippen molar-refractivity contribution in [1.29, 1.82) is 0 Å². The maximum atomic E-state index is 5.92. The average molecular weight is 274 g/mol. The third-order valence-corrected chi connectivity index (χ3v) is 5.27. The summed E-state index contributed by atoms with van der Waals surface area (Å²) >= 11 is 0. The molecular formula is C17H26N2O. The minimum absolute atomic E-state index is 0.341. The largest absolute Gasteiger partial charge is 0.493 e. The third kappa shape index (κ3) is 2.57. The van der Waals surface area contributed by atoms with E-state index >= 15 is 0 Å². The first-order valence-corrected chi connectivity index (χ1v) is 8.01. The van der Waals surface area contributed by atoms with Gasteiger partial charge in [0.2, 0.25) is 0 Å². The summed E-state index contributed by atoms with van der Waals surface area (Å²) in [6.07, 6.45) is 6.64. The first kappa shape index (κ1) is 13.9. The Morgan fingerprint density at radius 1 is 1.35 bits per heavy atom. The summed E-state index contributed by atoms with van der Waals surface area (Å²) in [6, 6.07) is 8.74. The van der Waals surface area contributed by atoms with Gasteiger partial charge in [0.15, 0.2) is 0 Å². The van der Waals surface area contributed by atoms with E-state index in [1.165, 1.54) is 37.7 Å². The highest BCUT2D eigenvalue weighted by molar-refractivity contribution is 5.40. The van der Waals surface area contributed by atoms with Crippen LogP contribution in [0, 0.1) is 11.8 Å².